The van der Waals surface area contributed by atoms with E-state index in [2.05, 4.69) is 6.58 Å². The predicted molar refractivity (Wildman–Crippen MR) is 79.4 cm³/mol. The number of likely N-dealkylation sites (N-methyl/N-ethyl adjacent to an activating group) is 1. The van der Waals surface area contributed by atoms with Crippen LogP contribution in [0.5, 0.6) is 5.75 Å². The Labute approximate surface area is 117 Å². The van der Waals surface area contributed by atoms with Crippen LogP contribution in [0.2, 0.25) is 0 Å². The van der Waals surface area contributed by atoms with Gasteiger partial charge >= 0.3 is 0 Å². The van der Waals surface area contributed by atoms with Gasteiger partial charge < -0.3 is 9.64 Å². The summed E-state index contributed by atoms with van der Waals surface area (Å²) in [6.07, 6.45) is 7.55. The topological polar surface area (TPSA) is 12.5 Å². The van der Waals surface area contributed by atoms with Crippen LogP contribution in [0, 0.1) is 5.82 Å². The Balaban J connectivity index is 2.46. The average molecular weight is 277 g/mol. The van der Waals surface area contributed by atoms with Gasteiger partial charge in [-0.2, -0.15) is 0 Å². The minimum absolute atomic E-state index is 0.292. The SMILES string of the molecule is C=C1C=CC=C(c2c(F)cccc2OCSC)N1C. The maximum Gasteiger partial charge on any atom is 0.136 e. The number of allylic oxidation sites excluding steroid dienone is 3. The summed E-state index contributed by atoms with van der Waals surface area (Å²) in [5.74, 6) is 0.750. The lowest BCUT2D eigenvalue weighted by molar-refractivity contribution is 0.387. The Morgan fingerprint density at radius 1 is 1.42 bits per heavy atom. The number of ether oxygens (including phenoxy) is 1. The standard InChI is InChI=1S/C15H16FNOS/c1-11-6-4-8-13(17(11)2)15-12(16)7-5-9-14(15)18-10-19-3/h4-9H,1,10H2,2-3H3. The Morgan fingerprint density at radius 3 is 2.95 bits per heavy atom. The van der Waals surface area contributed by atoms with Gasteiger partial charge in [0.15, 0.2) is 0 Å². The number of hydrogen-bond donors (Lipinski definition) is 0. The van der Waals surface area contributed by atoms with Crippen molar-refractivity contribution in [1.82, 2.24) is 4.90 Å². The third kappa shape index (κ3) is 2.84. The van der Waals surface area contributed by atoms with Gasteiger partial charge in [-0.25, -0.2) is 4.39 Å². The van der Waals surface area contributed by atoms with E-state index < -0.39 is 0 Å². The molecular formula is C15H16FNOS. The molecule has 1 heterocycles. The maximum absolute atomic E-state index is 14.2. The summed E-state index contributed by atoms with van der Waals surface area (Å²) in [6, 6.07) is 4.88. The molecule has 2 rings (SSSR count). The normalized spacial score (nSPS) is 14.6. The quantitative estimate of drug-likeness (QED) is 0.775. The van der Waals surface area contributed by atoms with Gasteiger partial charge in [-0.05, 0) is 30.5 Å². The highest BCUT2D eigenvalue weighted by molar-refractivity contribution is 7.98. The third-order valence-electron chi connectivity index (χ3n) is 2.90. The molecule has 0 fully saturated rings. The Hall–Kier alpha value is -1.68. The molecule has 4 heteroatoms. The highest BCUT2D eigenvalue weighted by Gasteiger charge is 2.19. The van der Waals surface area contributed by atoms with Gasteiger partial charge in [-0.3, -0.25) is 0 Å². The van der Waals surface area contributed by atoms with Crippen LogP contribution in [0.3, 0.4) is 0 Å². The Kier molecular flexibility index (Phi) is 4.32. The molecule has 0 saturated carbocycles. The summed E-state index contributed by atoms with van der Waals surface area (Å²) in [4.78, 5) is 1.85. The van der Waals surface area contributed by atoms with Crippen molar-refractivity contribution >= 4 is 17.5 Å². The zero-order valence-electron chi connectivity index (χ0n) is 11.0. The molecule has 0 aromatic heterocycles. The van der Waals surface area contributed by atoms with Crippen molar-refractivity contribution in [1.29, 1.82) is 0 Å². The molecule has 0 unspecified atom stereocenters. The maximum atomic E-state index is 14.2. The van der Waals surface area contributed by atoms with E-state index in [1.54, 1.807) is 23.9 Å². The average Bonchev–Trinajstić information content (AvgIpc) is 2.40. The summed E-state index contributed by atoms with van der Waals surface area (Å²) < 4.78 is 19.8. The largest absolute Gasteiger partial charge is 0.482 e. The van der Waals surface area contributed by atoms with Crippen LogP contribution in [-0.4, -0.2) is 24.1 Å². The van der Waals surface area contributed by atoms with E-state index in [0.717, 1.165) is 11.4 Å². The molecular weight excluding hydrogens is 261 g/mol. The summed E-state index contributed by atoms with van der Waals surface area (Å²) in [7, 11) is 1.86. The lowest BCUT2D eigenvalue weighted by Crippen LogP contribution is -2.18. The highest BCUT2D eigenvalue weighted by Crippen LogP contribution is 2.34. The van der Waals surface area contributed by atoms with Crippen LogP contribution in [0.15, 0.2) is 48.7 Å². The summed E-state index contributed by atoms with van der Waals surface area (Å²) in [5, 5.41) is 0. The van der Waals surface area contributed by atoms with E-state index in [4.69, 9.17) is 4.74 Å². The van der Waals surface area contributed by atoms with Crippen molar-refractivity contribution in [2.45, 2.75) is 0 Å². The monoisotopic (exact) mass is 277 g/mol. The molecule has 1 aromatic carbocycles. The molecule has 0 radical (unpaired) electrons. The zero-order chi connectivity index (χ0) is 13.8. The van der Waals surface area contributed by atoms with Gasteiger partial charge in [0.25, 0.3) is 0 Å². The van der Waals surface area contributed by atoms with E-state index in [1.807, 2.05) is 36.4 Å². The number of rotatable bonds is 4. The molecule has 1 aliphatic heterocycles. The van der Waals surface area contributed by atoms with Crippen LogP contribution in [0.4, 0.5) is 4.39 Å². The Morgan fingerprint density at radius 2 is 2.21 bits per heavy atom. The molecule has 0 atom stereocenters. The summed E-state index contributed by atoms with van der Waals surface area (Å²) in [6.45, 7) is 3.92. The molecule has 0 N–H and O–H groups in total. The molecule has 19 heavy (non-hydrogen) atoms. The fourth-order valence-corrected chi connectivity index (χ4v) is 2.12. The van der Waals surface area contributed by atoms with Crippen LogP contribution in [0.25, 0.3) is 5.70 Å². The first-order chi connectivity index (χ1) is 9.15. The number of benzene rings is 1. The zero-order valence-corrected chi connectivity index (χ0v) is 11.8. The second kappa shape index (κ2) is 5.97. The number of thioether (sulfide) groups is 1. The first kappa shape index (κ1) is 13.7. The van der Waals surface area contributed by atoms with Crippen LogP contribution in [-0.2, 0) is 0 Å². The smallest absolute Gasteiger partial charge is 0.136 e. The second-order valence-corrected chi connectivity index (χ2v) is 4.94. The summed E-state index contributed by atoms with van der Waals surface area (Å²) in [5.41, 5.74) is 2.04. The Bertz CT molecular complexity index is 551. The van der Waals surface area contributed by atoms with Crippen molar-refractivity contribution in [2.24, 2.45) is 0 Å². The van der Waals surface area contributed by atoms with Crippen molar-refractivity contribution in [2.75, 3.05) is 19.2 Å². The second-order valence-electron chi connectivity index (χ2n) is 4.13. The molecule has 2 nitrogen and oxygen atoms in total. The summed E-state index contributed by atoms with van der Waals surface area (Å²) >= 11 is 1.55. The van der Waals surface area contributed by atoms with E-state index in [-0.39, 0.29) is 5.82 Å². The third-order valence-corrected chi connectivity index (χ3v) is 3.25. The van der Waals surface area contributed by atoms with Crippen molar-refractivity contribution in [3.8, 4) is 5.75 Å². The first-order valence-corrected chi connectivity index (χ1v) is 7.26. The van der Waals surface area contributed by atoms with Gasteiger partial charge in [0.2, 0.25) is 0 Å². The van der Waals surface area contributed by atoms with Crippen LogP contribution >= 0.6 is 11.8 Å². The highest BCUT2D eigenvalue weighted by atomic mass is 32.2. The number of hydrogen-bond acceptors (Lipinski definition) is 3. The molecule has 0 amide bonds. The number of halogens is 1. The predicted octanol–water partition coefficient (Wildman–Crippen LogP) is 3.88. The minimum atomic E-state index is -0.292. The van der Waals surface area contributed by atoms with Gasteiger partial charge in [0.05, 0.1) is 11.3 Å². The van der Waals surface area contributed by atoms with Crippen molar-refractivity contribution in [3.05, 3.63) is 60.1 Å². The van der Waals surface area contributed by atoms with E-state index in [9.17, 15) is 4.39 Å². The van der Waals surface area contributed by atoms with Crippen LogP contribution in [0.1, 0.15) is 5.56 Å². The van der Waals surface area contributed by atoms with Crippen LogP contribution < -0.4 is 4.74 Å². The van der Waals surface area contributed by atoms with E-state index in [0.29, 0.717) is 17.3 Å². The van der Waals surface area contributed by atoms with Crippen molar-refractivity contribution in [3.63, 3.8) is 0 Å². The fourth-order valence-electron chi connectivity index (χ4n) is 1.88. The minimum Gasteiger partial charge on any atom is -0.482 e. The lowest BCUT2D eigenvalue weighted by Gasteiger charge is -2.27. The molecule has 0 aliphatic carbocycles. The van der Waals surface area contributed by atoms with Gasteiger partial charge in [0.1, 0.15) is 17.5 Å². The molecule has 0 bridgehead atoms. The van der Waals surface area contributed by atoms with Gasteiger partial charge in [0, 0.05) is 12.7 Å². The molecule has 100 valence electrons. The molecule has 0 saturated heterocycles. The van der Waals surface area contributed by atoms with E-state index in [1.165, 1.54) is 6.07 Å². The van der Waals surface area contributed by atoms with Crippen molar-refractivity contribution < 1.29 is 9.13 Å². The fraction of sp³-hybridized carbons (Fsp3) is 0.200. The first-order valence-electron chi connectivity index (χ1n) is 5.86. The number of nitrogens with zero attached hydrogens (tertiary/aromatic N) is 1. The molecule has 1 aliphatic rings. The van der Waals surface area contributed by atoms with Gasteiger partial charge in [-0.15, -0.1) is 11.8 Å². The lowest BCUT2D eigenvalue weighted by atomic mass is 10.1. The van der Waals surface area contributed by atoms with Gasteiger partial charge in [-0.1, -0.05) is 18.7 Å². The molecule has 1 aromatic rings. The molecule has 0 spiro atoms. The van der Waals surface area contributed by atoms with E-state index >= 15 is 0 Å².